The van der Waals surface area contributed by atoms with Gasteiger partial charge in [0.2, 0.25) is 0 Å². The molecule has 0 aliphatic carbocycles. The Kier molecular flexibility index (Phi) is 4.62. The van der Waals surface area contributed by atoms with Gasteiger partial charge in [-0.05, 0) is 6.92 Å². The van der Waals surface area contributed by atoms with E-state index in [9.17, 15) is 4.79 Å². The second-order valence-electron chi connectivity index (χ2n) is 4.86. The van der Waals surface area contributed by atoms with Gasteiger partial charge >= 0.3 is 0 Å². The predicted molar refractivity (Wildman–Crippen MR) is 67.9 cm³/mol. The van der Waals surface area contributed by atoms with E-state index in [1.54, 1.807) is 5.38 Å². The summed E-state index contributed by atoms with van der Waals surface area (Å²) < 4.78 is 0. The Morgan fingerprint density at radius 2 is 2.35 bits per heavy atom. The maximum atomic E-state index is 11.8. The van der Waals surface area contributed by atoms with Gasteiger partial charge in [0.05, 0.1) is 6.04 Å². The number of nitrogens with one attached hydrogen (secondary N) is 1. The van der Waals surface area contributed by atoms with Gasteiger partial charge in [-0.15, -0.1) is 11.3 Å². The second kappa shape index (κ2) is 5.57. The predicted octanol–water partition coefficient (Wildman–Crippen LogP) is 0.911. The summed E-state index contributed by atoms with van der Waals surface area (Å²) in [5, 5.41) is 14.3. The zero-order valence-electron chi connectivity index (χ0n) is 10.4. The van der Waals surface area contributed by atoms with E-state index < -0.39 is 0 Å². The molecule has 5 nitrogen and oxygen atoms in total. The standard InChI is InChI=1S/C11H19N3O2S/c1-7(12)10-14-8(4-17-10)9(16)13-5-11(2,3)6-15/h4,7,15H,5-6,12H2,1-3H3,(H,13,16). The van der Waals surface area contributed by atoms with Crippen LogP contribution in [0.2, 0.25) is 0 Å². The summed E-state index contributed by atoms with van der Waals surface area (Å²) >= 11 is 1.38. The Bertz CT molecular complexity index is 388. The first-order valence-corrected chi connectivity index (χ1v) is 6.34. The van der Waals surface area contributed by atoms with Gasteiger partial charge < -0.3 is 16.2 Å². The van der Waals surface area contributed by atoms with Crippen LogP contribution in [0.4, 0.5) is 0 Å². The van der Waals surface area contributed by atoms with E-state index in [-0.39, 0.29) is 24.0 Å². The van der Waals surface area contributed by atoms with E-state index in [0.717, 1.165) is 5.01 Å². The summed E-state index contributed by atoms with van der Waals surface area (Å²) in [7, 11) is 0. The first-order chi connectivity index (χ1) is 7.85. The van der Waals surface area contributed by atoms with Crippen LogP contribution in [0.5, 0.6) is 0 Å². The smallest absolute Gasteiger partial charge is 0.270 e. The summed E-state index contributed by atoms with van der Waals surface area (Å²) in [4.78, 5) is 15.9. The van der Waals surface area contributed by atoms with Crippen molar-refractivity contribution >= 4 is 17.2 Å². The van der Waals surface area contributed by atoms with Crippen LogP contribution in [0.25, 0.3) is 0 Å². The Hall–Kier alpha value is -0.980. The lowest BCUT2D eigenvalue weighted by Crippen LogP contribution is -2.36. The van der Waals surface area contributed by atoms with Crippen molar-refractivity contribution in [3.63, 3.8) is 0 Å². The molecule has 1 amide bonds. The van der Waals surface area contributed by atoms with Crippen molar-refractivity contribution in [1.29, 1.82) is 0 Å². The Morgan fingerprint density at radius 3 is 2.82 bits per heavy atom. The van der Waals surface area contributed by atoms with Crippen LogP contribution < -0.4 is 11.1 Å². The molecule has 1 heterocycles. The number of carbonyl (C=O) groups is 1. The molecule has 1 aromatic heterocycles. The highest BCUT2D eigenvalue weighted by molar-refractivity contribution is 7.09. The van der Waals surface area contributed by atoms with Gasteiger partial charge in [0.1, 0.15) is 10.7 Å². The summed E-state index contributed by atoms with van der Waals surface area (Å²) in [6, 6.07) is -0.157. The second-order valence-corrected chi connectivity index (χ2v) is 5.75. The van der Waals surface area contributed by atoms with E-state index in [2.05, 4.69) is 10.3 Å². The molecule has 1 unspecified atom stereocenters. The van der Waals surface area contributed by atoms with Gasteiger partial charge in [-0.1, -0.05) is 13.8 Å². The number of hydrogen-bond donors (Lipinski definition) is 3. The molecule has 4 N–H and O–H groups in total. The minimum absolute atomic E-state index is 0.0232. The maximum Gasteiger partial charge on any atom is 0.270 e. The molecule has 96 valence electrons. The molecule has 0 radical (unpaired) electrons. The van der Waals surface area contributed by atoms with Crippen LogP contribution in [-0.4, -0.2) is 29.1 Å². The molecule has 0 aliphatic heterocycles. The number of nitrogens with zero attached hydrogens (tertiary/aromatic N) is 1. The minimum atomic E-state index is -0.324. The maximum absolute atomic E-state index is 11.8. The van der Waals surface area contributed by atoms with E-state index in [4.69, 9.17) is 10.8 Å². The van der Waals surface area contributed by atoms with Crippen molar-refractivity contribution in [1.82, 2.24) is 10.3 Å². The van der Waals surface area contributed by atoms with Crippen LogP contribution in [-0.2, 0) is 0 Å². The Balaban J connectivity index is 2.58. The third kappa shape index (κ3) is 4.07. The SMILES string of the molecule is CC(N)c1nc(C(=O)NCC(C)(C)CO)cs1. The van der Waals surface area contributed by atoms with E-state index in [0.29, 0.717) is 12.2 Å². The van der Waals surface area contributed by atoms with Crippen LogP contribution in [0, 0.1) is 5.41 Å². The third-order valence-electron chi connectivity index (χ3n) is 2.30. The van der Waals surface area contributed by atoms with Gasteiger partial charge in [-0.25, -0.2) is 4.98 Å². The quantitative estimate of drug-likeness (QED) is 0.731. The van der Waals surface area contributed by atoms with Gasteiger partial charge in [0, 0.05) is 23.9 Å². The largest absolute Gasteiger partial charge is 0.396 e. The van der Waals surface area contributed by atoms with E-state index >= 15 is 0 Å². The van der Waals surface area contributed by atoms with Crippen molar-refractivity contribution < 1.29 is 9.90 Å². The van der Waals surface area contributed by atoms with Crippen molar-refractivity contribution in [3.05, 3.63) is 16.1 Å². The van der Waals surface area contributed by atoms with Crippen molar-refractivity contribution in [2.45, 2.75) is 26.8 Å². The monoisotopic (exact) mass is 257 g/mol. The van der Waals surface area contributed by atoms with Gasteiger partial charge in [0.25, 0.3) is 5.91 Å². The van der Waals surface area contributed by atoms with Gasteiger partial charge in [0.15, 0.2) is 0 Å². The molecule has 17 heavy (non-hydrogen) atoms. The molecule has 0 bridgehead atoms. The lowest BCUT2D eigenvalue weighted by Gasteiger charge is -2.21. The molecule has 0 spiro atoms. The average molecular weight is 257 g/mol. The van der Waals surface area contributed by atoms with Crippen molar-refractivity contribution in [2.24, 2.45) is 11.1 Å². The number of aliphatic hydroxyl groups excluding tert-OH is 1. The zero-order valence-corrected chi connectivity index (χ0v) is 11.2. The normalized spacial score (nSPS) is 13.5. The highest BCUT2D eigenvalue weighted by Gasteiger charge is 2.19. The number of amides is 1. The van der Waals surface area contributed by atoms with Crippen LogP contribution >= 0.6 is 11.3 Å². The highest BCUT2D eigenvalue weighted by atomic mass is 32.1. The Morgan fingerprint density at radius 1 is 1.71 bits per heavy atom. The lowest BCUT2D eigenvalue weighted by atomic mass is 9.95. The summed E-state index contributed by atoms with van der Waals surface area (Å²) in [5.74, 6) is -0.227. The number of carbonyl (C=O) groups excluding carboxylic acids is 1. The molecular weight excluding hydrogens is 238 g/mol. The first kappa shape index (κ1) is 14.1. The molecule has 1 atom stereocenters. The number of thiazole rings is 1. The fraction of sp³-hybridized carbons (Fsp3) is 0.636. The molecule has 1 aromatic rings. The average Bonchev–Trinajstić information content (AvgIpc) is 2.75. The van der Waals surface area contributed by atoms with Gasteiger partial charge in [-0.3, -0.25) is 4.79 Å². The van der Waals surface area contributed by atoms with Crippen molar-refractivity contribution in [2.75, 3.05) is 13.2 Å². The molecule has 0 saturated carbocycles. The minimum Gasteiger partial charge on any atom is -0.396 e. The highest BCUT2D eigenvalue weighted by Crippen LogP contribution is 2.16. The number of nitrogens with two attached hydrogens (primary N) is 1. The molecule has 1 rings (SSSR count). The number of rotatable bonds is 5. The summed E-state index contributed by atoms with van der Waals surface area (Å²) in [5.41, 5.74) is 5.74. The molecule has 0 aliphatic rings. The first-order valence-electron chi connectivity index (χ1n) is 5.46. The summed E-state index contributed by atoms with van der Waals surface area (Å²) in [6.07, 6.45) is 0. The number of aromatic nitrogens is 1. The van der Waals surface area contributed by atoms with Crippen LogP contribution in [0.1, 0.15) is 42.3 Å². The zero-order chi connectivity index (χ0) is 13.1. The van der Waals surface area contributed by atoms with Crippen molar-refractivity contribution in [3.8, 4) is 0 Å². The third-order valence-corrected chi connectivity index (χ3v) is 3.35. The van der Waals surface area contributed by atoms with E-state index in [1.165, 1.54) is 11.3 Å². The molecule has 6 heteroatoms. The Labute approximate surface area is 105 Å². The summed E-state index contributed by atoms with van der Waals surface area (Å²) in [6.45, 7) is 6.02. The van der Waals surface area contributed by atoms with E-state index in [1.807, 2.05) is 20.8 Å². The number of hydrogen-bond acceptors (Lipinski definition) is 5. The van der Waals surface area contributed by atoms with Crippen LogP contribution in [0.3, 0.4) is 0 Å². The molecular formula is C11H19N3O2S. The fourth-order valence-electron chi connectivity index (χ4n) is 1.07. The van der Waals surface area contributed by atoms with Gasteiger partial charge in [-0.2, -0.15) is 0 Å². The topological polar surface area (TPSA) is 88.2 Å². The number of aliphatic hydroxyl groups is 1. The molecule has 0 saturated heterocycles. The lowest BCUT2D eigenvalue weighted by molar-refractivity contribution is 0.0906. The fourth-order valence-corrected chi connectivity index (χ4v) is 1.82. The molecule has 0 aromatic carbocycles. The van der Waals surface area contributed by atoms with Crippen LogP contribution in [0.15, 0.2) is 5.38 Å². The molecule has 0 fully saturated rings.